The second kappa shape index (κ2) is 5.29. The third-order valence-electron chi connectivity index (χ3n) is 4.95. The highest BCUT2D eigenvalue weighted by Gasteiger charge is 2.68. The average Bonchev–Trinajstić information content (AvgIpc) is 2.94. The summed E-state index contributed by atoms with van der Waals surface area (Å²) >= 11 is 7.45. The molecule has 24 heavy (non-hydrogen) atoms. The van der Waals surface area contributed by atoms with Gasteiger partial charge in [-0.15, -0.1) is 11.3 Å². The molecule has 2 amide bonds. The van der Waals surface area contributed by atoms with Crippen LogP contribution in [0.4, 0.5) is 0 Å². The molecule has 1 saturated carbocycles. The Morgan fingerprint density at radius 3 is 2.88 bits per heavy atom. The number of carbonyl (C=O) groups excluding carboxylic acids is 2. The summed E-state index contributed by atoms with van der Waals surface area (Å²) in [5.41, 5.74) is 7.81. The summed E-state index contributed by atoms with van der Waals surface area (Å²) in [5, 5.41) is 0.602. The van der Waals surface area contributed by atoms with E-state index in [4.69, 9.17) is 17.3 Å². The number of nitrogens with two attached hydrogens (primary N) is 1. The van der Waals surface area contributed by atoms with Crippen LogP contribution in [0.1, 0.15) is 23.3 Å². The van der Waals surface area contributed by atoms with Crippen LogP contribution >= 0.6 is 22.9 Å². The van der Waals surface area contributed by atoms with Crippen LogP contribution in [0.5, 0.6) is 0 Å². The lowest BCUT2D eigenvalue weighted by Gasteiger charge is -2.23. The van der Waals surface area contributed by atoms with Crippen LogP contribution in [0.2, 0.25) is 5.02 Å². The first-order valence-electron chi connectivity index (χ1n) is 7.59. The van der Waals surface area contributed by atoms with E-state index in [1.54, 1.807) is 16.5 Å². The minimum absolute atomic E-state index is 0.154. The smallest absolute Gasteiger partial charge is 0.274 e. The summed E-state index contributed by atoms with van der Waals surface area (Å²) in [5.74, 6) is -0.540. The molecule has 1 saturated heterocycles. The predicted molar refractivity (Wildman–Crippen MR) is 92.5 cm³/mol. The highest BCUT2D eigenvalue weighted by Crippen LogP contribution is 2.59. The fraction of sp³-hybridized carbons (Fsp3) is 0.294. The Kier molecular flexibility index (Phi) is 3.44. The summed E-state index contributed by atoms with van der Waals surface area (Å²) in [6.45, 7) is 4.03. The van der Waals surface area contributed by atoms with Gasteiger partial charge in [0, 0.05) is 17.1 Å². The minimum Gasteiger partial charge on any atom is -0.369 e. The van der Waals surface area contributed by atoms with Crippen molar-refractivity contribution >= 4 is 34.8 Å². The van der Waals surface area contributed by atoms with Crippen LogP contribution in [0, 0.1) is 12.3 Å². The van der Waals surface area contributed by atoms with Crippen molar-refractivity contribution in [3.05, 3.63) is 47.4 Å². The molecule has 0 bridgehead atoms. The molecule has 1 aromatic carbocycles. The molecule has 1 aliphatic carbocycles. The van der Waals surface area contributed by atoms with Gasteiger partial charge in [0.15, 0.2) is 0 Å². The first kappa shape index (κ1) is 15.6. The first-order valence-corrected chi connectivity index (χ1v) is 8.85. The van der Waals surface area contributed by atoms with E-state index in [2.05, 4.69) is 11.9 Å². The van der Waals surface area contributed by atoms with E-state index in [0.717, 1.165) is 10.4 Å². The number of likely N-dealkylation sites (tertiary alicyclic amines) is 1. The zero-order valence-corrected chi connectivity index (χ0v) is 14.3. The Morgan fingerprint density at radius 2 is 2.21 bits per heavy atom. The molecule has 2 N–H and O–H groups in total. The number of fused-ring (bicyclic) bond motifs is 1. The fourth-order valence-electron chi connectivity index (χ4n) is 3.67. The normalized spacial score (nSPS) is 27.8. The third-order valence-corrected chi connectivity index (χ3v) is 6.06. The molecule has 5 nitrogen and oxygen atoms in total. The second-order valence-corrected chi connectivity index (χ2v) is 7.64. The number of nitrogens with zero attached hydrogens (tertiary/aromatic N) is 2. The molecular formula is C17H15ClN3O2S. The van der Waals surface area contributed by atoms with Gasteiger partial charge in [-0.2, -0.15) is 0 Å². The van der Waals surface area contributed by atoms with Crippen LogP contribution in [0.3, 0.4) is 0 Å². The number of aromatic nitrogens is 1. The maximum atomic E-state index is 13.0. The van der Waals surface area contributed by atoms with Crippen molar-refractivity contribution in [3.63, 3.8) is 0 Å². The van der Waals surface area contributed by atoms with Crippen molar-refractivity contribution in [2.75, 3.05) is 0 Å². The highest BCUT2D eigenvalue weighted by atomic mass is 35.5. The average molecular weight is 361 g/mol. The molecule has 0 unspecified atom stereocenters. The minimum atomic E-state index is -0.589. The molecule has 2 aliphatic rings. The molecule has 1 radical (unpaired) electrons. The largest absolute Gasteiger partial charge is 0.369 e. The van der Waals surface area contributed by atoms with E-state index < -0.39 is 5.41 Å². The number of primary amides is 1. The lowest BCUT2D eigenvalue weighted by molar-refractivity contribution is -0.123. The Labute approximate surface area is 148 Å². The number of rotatable bonds is 3. The van der Waals surface area contributed by atoms with Crippen LogP contribution < -0.4 is 5.73 Å². The first-order chi connectivity index (χ1) is 11.4. The fourth-order valence-corrected chi connectivity index (χ4v) is 4.64. The predicted octanol–water partition coefficient (Wildman–Crippen LogP) is 2.76. The molecule has 4 rings (SSSR count). The molecule has 2 aromatic rings. The summed E-state index contributed by atoms with van der Waals surface area (Å²) in [6.07, 6.45) is 1.14. The number of benzene rings is 1. The maximum absolute atomic E-state index is 13.0. The Hall–Kier alpha value is -1.92. The van der Waals surface area contributed by atoms with Crippen molar-refractivity contribution in [1.82, 2.24) is 9.88 Å². The molecular weight excluding hydrogens is 346 g/mol. The number of piperidine rings is 1. The van der Waals surface area contributed by atoms with Gasteiger partial charge in [0.05, 0.1) is 15.8 Å². The van der Waals surface area contributed by atoms with Crippen molar-refractivity contribution in [1.29, 1.82) is 0 Å². The lowest BCUT2D eigenvalue weighted by atomic mass is 10.00. The standard InChI is InChI=1S/C17H15ClN3O2S/c1-9-6-17(16(19)23)7-12(17)21(9)15(22)13-14(24-8-20-13)10-3-2-4-11(18)5-10/h2-5,8-9,12H,1,6-7H2,(H2,19,23)/t9-,12-,17+/m0/s1. The molecule has 2 heterocycles. The number of halogens is 1. The maximum Gasteiger partial charge on any atom is 0.274 e. The van der Waals surface area contributed by atoms with Gasteiger partial charge in [-0.3, -0.25) is 9.59 Å². The third kappa shape index (κ3) is 2.17. The lowest BCUT2D eigenvalue weighted by Crippen LogP contribution is -2.37. The van der Waals surface area contributed by atoms with E-state index in [9.17, 15) is 9.59 Å². The van der Waals surface area contributed by atoms with Crippen LogP contribution in [-0.4, -0.2) is 33.8 Å². The van der Waals surface area contributed by atoms with Crippen LogP contribution in [0.25, 0.3) is 10.4 Å². The summed E-state index contributed by atoms with van der Waals surface area (Å²) in [6, 6.07) is 6.90. The van der Waals surface area contributed by atoms with Gasteiger partial charge in [-0.1, -0.05) is 23.7 Å². The van der Waals surface area contributed by atoms with Gasteiger partial charge >= 0.3 is 0 Å². The van der Waals surface area contributed by atoms with Gasteiger partial charge < -0.3 is 10.6 Å². The van der Waals surface area contributed by atoms with Crippen LogP contribution in [-0.2, 0) is 4.79 Å². The molecule has 1 aliphatic heterocycles. The topological polar surface area (TPSA) is 76.3 Å². The Morgan fingerprint density at radius 1 is 1.42 bits per heavy atom. The number of hydrogen-bond donors (Lipinski definition) is 1. The van der Waals surface area contributed by atoms with E-state index >= 15 is 0 Å². The van der Waals surface area contributed by atoms with Gasteiger partial charge in [-0.25, -0.2) is 4.98 Å². The zero-order chi connectivity index (χ0) is 17.1. The Bertz CT molecular complexity index is 852. The number of carbonyl (C=O) groups is 2. The number of thiazole rings is 1. The summed E-state index contributed by atoms with van der Waals surface area (Å²) in [4.78, 5) is 31.5. The quantitative estimate of drug-likeness (QED) is 0.914. The SMILES string of the molecule is [CH2][C@H]1C[C@@]2(C(N)=O)C[C@@H]2N1C(=O)c1ncsc1-c1cccc(Cl)c1. The van der Waals surface area contributed by atoms with Gasteiger partial charge in [0.2, 0.25) is 5.91 Å². The molecule has 1 aromatic heterocycles. The Balaban J connectivity index is 1.68. The summed E-state index contributed by atoms with van der Waals surface area (Å²) < 4.78 is 0. The van der Waals surface area contributed by atoms with Crippen molar-refractivity contribution < 1.29 is 9.59 Å². The van der Waals surface area contributed by atoms with Crippen molar-refractivity contribution in [3.8, 4) is 10.4 Å². The zero-order valence-electron chi connectivity index (χ0n) is 12.7. The van der Waals surface area contributed by atoms with E-state index in [0.29, 0.717) is 23.6 Å². The van der Waals surface area contributed by atoms with Gasteiger partial charge in [0.25, 0.3) is 5.91 Å². The molecule has 0 spiro atoms. The highest BCUT2D eigenvalue weighted by molar-refractivity contribution is 7.13. The van der Waals surface area contributed by atoms with Gasteiger partial charge in [0.1, 0.15) is 5.69 Å². The molecule has 2 fully saturated rings. The summed E-state index contributed by atoms with van der Waals surface area (Å²) in [7, 11) is 0. The molecule has 7 heteroatoms. The molecule has 123 valence electrons. The molecule has 3 atom stereocenters. The van der Waals surface area contributed by atoms with Crippen molar-refractivity contribution in [2.45, 2.75) is 24.9 Å². The van der Waals surface area contributed by atoms with Gasteiger partial charge in [-0.05, 0) is 37.5 Å². The van der Waals surface area contributed by atoms with Crippen molar-refractivity contribution in [2.24, 2.45) is 11.1 Å². The second-order valence-electron chi connectivity index (χ2n) is 6.35. The van der Waals surface area contributed by atoms with E-state index in [1.165, 1.54) is 11.3 Å². The van der Waals surface area contributed by atoms with Crippen LogP contribution in [0.15, 0.2) is 29.8 Å². The number of hydrogen-bond acceptors (Lipinski definition) is 4. The number of amides is 2. The van der Waals surface area contributed by atoms with E-state index in [-0.39, 0.29) is 23.9 Å². The van der Waals surface area contributed by atoms with E-state index in [1.807, 2.05) is 18.2 Å². The monoisotopic (exact) mass is 360 g/mol.